The zero-order valence-corrected chi connectivity index (χ0v) is 9.23. The number of ether oxygens (including phenoxy) is 1. The Hall–Kier alpha value is -1.35. The van der Waals surface area contributed by atoms with Crippen LogP contribution in [-0.4, -0.2) is 18.2 Å². The van der Waals surface area contributed by atoms with E-state index in [1.807, 2.05) is 32.0 Å². The van der Waals surface area contributed by atoms with Gasteiger partial charge < -0.3 is 9.84 Å². The third-order valence-electron chi connectivity index (χ3n) is 2.66. The van der Waals surface area contributed by atoms with Crippen LogP contribution in [0.3, 0.4) is 0 Å². The summed E-state index contributed by atoms with van der Waals surface area (Å²) in [7, 11) is 1.43. The van der Waals surface area contributed by atoms with E-state index in [-0.39, 0.29) is 5.92 Å². The van der Waals surface area contributed by atoms with E-state index in [0.29, 0.717) is 5.56 Å². The van der Waals surface area contributed by atoms with Crippen LogP contribution in [0.25, 0.3) is 0 Å². The second kappa shape index (κ2) is 4.45. The molecular weight excluding hydrogens is 192 g/mol. The molecule has 0 amide bonds. The Morgan fingerprint density at radius 1 is 1.33 bits per heavy atom. The fourth-order valence-electron chi connectivity index (χ4n) is 1.83. The van der Waals surface area contributed by atoms with Crippen molar-refractivity contribution in [1.29, 1.82) is 0 Å². The highest BCUT2D eigenvalue weighted by Gasteiger charge is 2.43. The lowest BCUT2D eigenvalue weighted by Gasteiger charge is -2.32. The van der Waals surface area contributed by atoms with E-state index in [1.165, 1.54) is 7.11 Å². The summed E-state index contributed by atoms with van der Waals surface area (Å²) < 4.78 is 5.25. The van der Waals surface area contributed by atoms with Crippen LogP contribution in [0.5, 0.6) is 0 Å². The number of carboxylic acids is 1. The average Bonchev–Trinajstić information content (AvgIpc) is 2.20. The predicted molar refractivity (Wildman–Crippen MR) is 57.6 cm³/mol. The fraction of sp³-hybridized carbons (Fsp3) is 0.417. The van der Waals surface area contributed by atoms with Gasteiger partial charge in [0.05, 0.1) is 0 Å². The minimum atomic E-state index is -1.25. The zero-order chi connectivity index (χ0) is 11.5. The minimum absolute atomic E-state index is 0.137. The summed E-state index contributed by atoms with van der Waals surface area (Å²) >= 11 is 0. The molecule has 1 aromatic carbocycles. The molecule has 1 aromatic rings. The largest absolute Gasteiger partial charge is 0.479 e. The van der Waals surface area contributed by atoms with Gasteiger partial charge in [-0.05, 0) is 11.5 Å². The first-order valence-electron chi connectivity index (χ1n) is 4.89. The maximum absolute atomic E-state index is 11.4. The van der Waals surface area contributed by atoms with Crippen molar-refractivity contribution in [3.8, 4) is 0 Å². The van der Waals surface area contributed by atoms with Gasteiger partial charge in [-0.3, -0.25) is 0 Å². The number of carboxylic acid groups (broad SMARTS) is 1. The Balaban J connectivity index is 3.28. The van der Waals surface area contributed by atoms with E-state index in [1.54, 1.807) is 12.1 Å². The summed E-state index contributed by atoms with van der Waals surface area (Å²) in [5.74, 6) is -1.09. The Bertz CT molecular complexity index is 332. The molecule has 0 radical (unpaired) electrons. The van der Waals surface area contributed by atoms with Crippen molar-refractivity contribution in [3.05, 3.63) is 35.9 Å². The number of benzene rings is 1. The molecule has 1 rings (SSSR count). The van der Waals surface area contributed by atoms with Crippen molar-refractivity contribution >= 4 is 5.97 Å². The number of carbonyl (C=O) groups is 1. The normalized spacial score (nSPS) is 14.9. The van der Waals surface area contributed by atoms with Gasteiger partial charge in [0.2, 0.25) is 0 Å². The maximum Gasteiger partial charge on any atom is 0.340 e. The fourth-order valence-corrected chi connectivity index (χ4v) is 1.83. The van der Waals surface area contributed by atoms with Crippen molar-refractivity contribution in [2.45, 2.75) is 19.4 Å². The molecule has 0 bridgehead atoms. The molecule has 0 aliphatic carbocycles. The van der Waals surface area contributed by atoms with E-state index in [0.717, 1.165) is 0 Å². The molecular formula is C12H16O3. The van der Waals surface area contributed by atoms with Gasteiger partial charge in [0, 0.05) is 7.11 Å². The minimum Gasteiger partial charge on any atom is -0.479 e. The first kappa shape index (κ1) is 11.7. The Morgan fingerprint density at radius 2 is 1.87 bits per heavy atom. The molecule has 0 aliphatic heterocycles. The van der Waals surface area contributed by atoms with Crippen LogP contribution in [0, 0.1) is 5.92 Å². The number of aliphatic carboxylic acids is 1. The Kier molecular flexibility index (Phi) is 3.48. The van der Waals surface area contributed by atoms with Crippen molar-refractivity contribution in [3.63, 3.8) is 0 Å². The lowest BCUT2D eigenvalue weighted by atomic mass is 9.83. The summed E-state index contributed by atoms with van der Waals surface area (Å²) in [6, 6.07) is 9.03. The predicted octanol–water partition coefficient (Wildman–Crippen LogP) is 2.27. The molecule has 1 N–H and O–H groups in total. The highest BCUT2D eigenvalue weighted by molar-refractivity contribution is 5.79. The molecule has 3 heteroatoms. The molecule has 0 spiro atoms. The molecule has 0 aromatic heterocycles. The van der Waals surface area contributed by atoms with Gasteiger partial charge in [0.25, 0.3) is 0 Å². The molecule has 15 heavy (non-hydrogen) atoms. The van der Waals surface area contributed by atoms with Crippen LogP contribution in [0.15, 0.2) is 30.3 Å². The highest BCUT2D eigenvalue weighted by Crippen LogP contribution is 2.33. The summed E-state index contributed by atoms with van der Waals surface area (Å²) in [4.78, 5) is 11.4. The van der Waals surface area contributed by atoms with Gasteiger partial charge in [-0.25, -0.2) is 4.79 Å². The van der Waals surface area contributed by atoms with E-state index in [9.17, 15) is 9.90 Å². The van der Waals surface area contributed by atoms with Crippen molar-refractivity contribution in [1.82, 2.24) is 0 Å². The smallest absolute Gasteiger partial charge is 0.340 e. The molecule has 1 unspecified atom stereocenters. The van der Waals surface area contributed by atoms with Crippen molar-refractivity contribution < 1.29 is 14.6 Å². The van der Waals surface area contributed by atoms with Crippen LogP contribution in [-0.2, 0) is 15.1 Å². The average molecular weight is 208 g/mol. The highest BCUT2D eigenvalue weighted by atomic mass is 16.5. The van der Waals surface area contributed by atoms with E-state index in [4.69, 9.17) is 4.74 Å². The number of hydrogen-bond acceptors (Lipinski definition) is 2. The standard InChI is InChI=1S/C12H16O3/c1-9(2)12(15-3,11(13)14)10-7-5-4-6-8-10/h4-9H,1-3H3,(H,13,14). The molecule has 0 fully saturated rings. The lowest BCUT2D eigenvalue weighted by Crippen LogP contribution is -2.42. The van der Waals surface area contributed by atoms with Crippen molar-refractivity contribution in [2.24, 2.45) is 5.92 Å². The number of methoxy groups -OCH3 is 1. The summed E-state index contributed by atoms with van der Waals surface area (Å²) in [5.41, 5.74) is -0.573. The van der Waals surface area contributed by atoms with Gasteiger partial charge >= 0.3 is 5.97 Å². The summed E-state index contributed by atoms with van der Waals surface area (Å²) in [6.07, 6.45) is 0. The van der Waals surface area contributed by atoms with E-state index >= 15 is 0 Å². The first-order valence-corrected chi connectivity index (χ1v) is 4.89. The SMILES string of the molecule is COC(C(=O)O)(c1ccccc1)C(C)C. The van der Waals surface area contributed by atoms with Crippen LogP contribution in [0.2, 0.25) is 0 Å². The topological polar surface area (TPSA) is 46.5 Å². The van der Waals surface area contributed by atoms with Crippen LogP contribution in [0.4, 0.5) is 0 Å². The summed E-state index contributed by atoms with van der Waals surface area (Å²) in [5, 5.41) is 9.32. The van der Waals surface area contributed by atoms with Gasteiger partial charge in [0.1, 0.15) is 0 Å². The Labute approximate surface area is 89.7 Å². The lowest BCUT2D eigenvalue weighted by molar-refractivity contribution is -0.170. The maximum atomic E-state index is 11.4. The Morgan fingerprint density at radius 3 is 2.20 bits per heavy atom. The van der Waals surface area contributed by atoms with Gasteiger partial charge in [-0.15, -0.1) is 0 Å². The monoisotopic (exact) mass is 208 g/mol. The molecule has 3 nitrogen and oxygen atoms in total. The quantitative estimate of drug-likeness (QED) is 0.825. The second-order valence-electron chi connectivity index (χ2n) is 3.77. The first-order chi connectivity index (χ1) is 7.05. The zero-order valence-electron chi connectivity index (χ0n) is 9.23. The molecule has 0 heterocycles. The molecule has 1 atom stereocenters. The number of hydrogen-bond donors (Lipinski definition) is 1. The molecule has 0 saturated heterocycles. The van der Waals surface area contributed by atoms with E-state index < -0.39 is 11.6 Å². The van der Waals surface area contributed by atoms with Gasteiger partial charge in [0.15, 0.2) is 5.60 Å². The van der Waals surface area contributed by atoms with Gasteiger partial charge in [-0.1, -0.05) is 44.2 Å². The van der Waals surface area contributed by atoms with Crippen LogP contribution in [0.1, 0.15) is 19.4 Å². The third-order valence-corrected chi connectivity index (χ3v) is 2.66. The van der Waals surface area contributed by atoms with Gasteiger partial charge in [-0.2, -0.15) is 0 Å². The van der Waals surface area contributed by atoms with E-state index in [2.05, 4.69) is 0 Å². The number of rotatable bonds is 4. The van der Waals surface area contributed by atoms with Crippen LogP contribution >= 0.6 is 0 Å². The molecule has 0 saturated carbocycles. The third kappa shape index (κ3) is 1.88. The van der Waals surface area contributed by atoms with Crippen molar-refractivity contribution in [2.75, 3.05) is 7.11 Å². The second-order valence-corrected chi connectivity index (χ2v) is 3.77. The van der Waals surface area contributed by atoms with Crippen LogP contribution < -0.4 is 0 Å². The summed E-state index contributed by atoms with van der Waals surface area (Å²) in [6.45, 7) is 3.68. The molecule has 82 valence electrons. The molecule has 0 aliphatic rings.